The van der Waals surface area contributed by atoms with Crippen molar-refractivity contribution in [1.29, 1.82) is 0 Å². The number of carbonyl (C=O) groups excluding carboxylic acids is 1. The summed E-state index contributed by atoms with van der Waals surface area (Å²) in [5, 5.41) is 8.75. The first-order valence-electron chi connectivity index (χ1n) is 8.27. The maximum Gasteiger partial charge on any atom is 0.276 e. The molecule has 2 aromatic heterocycles. The molecule has 7 nitrogen and oxygen atoms in total. The van der Waals surface area contributed by atoms with Crippen LogP contribution in [0.15, 0.2) is 47.2 Å². The number of hydrogen-bond acceptors (Lipinski definition) is 5. The summed E-state index contributed by atoms with van der Waals surface area (Å²) in [4.78, 5) is 14.5. The van der Waals surface area contributed by atoms with Crippen LogP contribution in [0.3, 0.4) is 0 Å². The number of likely N-dealkylation sites (tertiary alicyclic amines) is 1. The summed E-state index contributed by atoms with van der Waals surface area (Å²) in [5.41, 5.74) is 8.37. The third kappa shape index (κ3) is 4.33. The van der Waals surface area contributed by atoms with Crippen molar-refractivity contribution in [2.45, 2.75) is 12.0 Å². The van der Waals surface area contributed by atoms with Gasteiger partial charge in [-0.1, -0.05) is 16.8 Å². The van der Waals surface area contributed by atoms with Crippen LogP contribution in [0.1, 0.15) is 22.0 Å². The molecule has 0 spiro atoms. The molecule has 1 saturated heterocycles. The monoisotopic (exact) mass is 443 g/mol. The molecule has 1 aromatic carbocycles. The van der Waals surface area contributed by atoms with E-state index in [1.165, 1.54) is 0 Å². The summed E-state index contributed by atoms with van der Waals surface area (Å²) < 4.78 is 7.07. The first-order valence-corrected chi connectivity index (χ1v) is 8.65. The minimum absolute atomic E-state index is 0. The molecule has 3 aromatic rings. The van der Waals surface area contributed by atoms with Crippen molar-refractivity contribution in [2.24, 2.45) is 12.8 Å². The number of hydrogen-bond donors (Lipinski definition) is 1. The predicted octanol–water partition coefficient (Wildman–Crippen LogP) is 3.14. The van der Waals surface area contributed by atoms with Gasteiger partial charge in [-0.05, 0) is 29.8 Å². The van der Waals surface area contributed by atoms with E-state index in [0.29, 0.717) is 23.9 Å². The molecule has 0 saturated carbocycles. The highest BCUT2D eigenvalue weighted by Crippen LogP contribution is 2.28. The van der Waals surface area contributed by atoms with E-state index in [9.17, 15) is 4.79 Å². The largest absolute Gasteiger partial charge is 0.355 e. The van der Waals surface area contributed by atoms with Gasteiger partial charge < -0.3 is 15.2 Å². The number of amides is 1. The molecule has 1 fully saturated rings. The number of aryl methyl sites for hydroxylation is 1. The Bertz CT molecular complexity index is 941. The van der Waals surface area contributed by atoms with Crippen LogP contribution in [0.5, 0.6) is 0 Å². The van der Waals surface area contributed by atoms with Gasteiger partial charge in [-0.2, -0.15) is 5.10 Å². The van der Waals surface area contributed by atoms with Crippen LogP contribution in [-0.4, -0.2) is 44.9 Å². The number of aromatic nitrogens is 3. The van der Waals surface area contributed by atoms with E-state index in [1.54, 1.807) is 34.0 Å². The second kappa shape index (κ2) is 8.96. The summed E-state index contributed by atoms with van der Waals surface area (Å²) in [6.45, 7) is 1.01. The molecular weight excluding hydrogens is 425 g/mol. The smallest absolute Gasteiger partial charge is 0.276 e. The van der Waals surface area contributed by atoms with Gasteiger partial charge in [0.05, 0.1) is 6.20 Å². The fourth-order valence-corrected chi connectivity index (χ4v) is 3.39. The third-order valence-electron chi connectivity index (χ3n) is 4.66. The lowest BCUT2D eigenvalue weighted by Gasteiger charge is -2.13. The van der Waals surface area contributed by atoms with Crippen molar-refractivity contribution in [3.05, 3.63) is 59.0 Å². The third-order valence-corrected chi connectivity index (χ3v) is 4.92. The number of halogens is 3. The first kappa shape index (κ1) is 22.2. The van der Waals surface area contributed by atoms with Gasteiger partial charge in [0.15, 0.2) is 11.5 Å². The second-order valence-corrected chi connectivity index (χ2v) is 6.95. The minimum Gasteiger partial charge on any atom is -0.355 e. The molecule has 0 radical (unpaired) electrons. The molecule has 2 N–H and O–H groups in total. The molecule has 28 heavy (non-hydrogen) atoms. The highest BCUT2D eigenvalue weighted by atomic mass is 35.5. The Morgan fingerprint density at radius 2 is 1.96 bits per heavy atom. The molecule has 2 atom stereocenters. The minimum atomic E-state index is -0.184. The molecule has 0 unspecified atom stereocenters. The standard InChI is InChI=1S/C18H18ClN5O2.2ClH/c1-23-8-12(7-21-23)14-9-24(10-15(14)20)18(25)16-6-17(26-22-16)11-2-4-13(19)5-3-11;;/h2-8,14-15H,9-10,20H2,1H3;2*1H/t14-,15+;;/m0../s1. The van der Waals surface area contributed by atoms with Crippen molar-refractivity contribution in [3.8, 4) is 11.3 Å². The van der Waals surface area contributed by atoms with Crippen molar-refractivity contribution >= 4 is 42.3 Å². The van der Waals surface area contributed by atoms with Crippen molar-refractivity contribution < 1.29 is 9.32 Å². The van der Waals surface area contributed by atoms with Crippen molar-refractivity contribution in [2.75, 3.05) is 13.1 Å². The summed E-state index contributed by atoms with van der Waals surface area (Å²) in [7, 11) is 1.86. The molecule has 0 aliphatic carbocycles. The molecular formula is C18H20Cl3N5O2. The van der Waals surface area contributed by atoms with E-state index < -0.39 is 0 Å². The Kier molecular flexibility index (Phi) is 7.11. The zero-order chi connectivity index (χ0) is 18.3. The number of carbonyl (C=O) groups is 1. The van der Waals surface area contributed by atoms with Gasteiger partial charge in [-0.25, -0.2) is 0 Å². The van der Waals surface area contributed by atoms with Crippen LogP contribution in [0, 0.1) is 0 Å². The van der Waals surface area contributed by atoms with Crippen LogP contribution in [0.25, 0.3) is 11.3 Å². The molecule has 1 aliphatic rings. The lowest BCUT2D eigenvalue weighted by Crippen LogP contribution is -2.32. The van der Waals surface area contributed by atoms with Gasteiger partial charge in [0.1, 0.15) is 0 Å². The average Bonchev–Trinajstić information content (AvgIpc) is 3.34. The number of nitrogens with two attached hydrogens (primary N) is 1. The molecule has 3 heterocycles. The Labute approximate surface area is 179 Å². The molecule has 4 rings (SSSR count). The Balaban J connectivity index is 0.00000140. The highest BCUT2D eigenvalue weighted by Gasteiger charge is 2.35. The Morgan fingerprint density at radius 3 is 2.61 bits per heavy atom. The lowest BCUT2D eigenvalue weighted by molar-refractivity contribution is 0.0779. The van der Waals surface area contributed by atoms with E-state index >= 15 is 0 Å². The SMILES string of the molecule is Cl.Cl.Cn1cc([C@@H]2CN(C(=O)c3cc(-c4ccc(Cl)cc4)on3)C[C@H]2N)cn1. The fraction of sp³-hybridized carbons (Fsp3) is 0.278. The quantitative estimate of drug-likeness (QED) is 0.670. The van der Waals surface area contributed by atoms with Crippen LogP contribution >= 0.6 is 36.4 Å². The molecule has 150 valence electrons. The molecule has 0 bridgehead atoms. The van der Waals surface area contributed by atoms with Gasteiger partial charge in [0, 0.05) is 54.9 Å². The van der Waals surface area contributed by atoms with Crippen molar-refractivity contribution in [1.82, 2.24) is 19.8 Å². The predicted molar refractivity (Wildman–Crippen MR) is 111 cm³/mol. The maximum absolute atomic E-state index is 12.8. The Morgan fingerprint density at radius 1 is 1.25 bits per heavy atom. The Hall–Kier alpha value is -2.06. The highest BCUT2D eigenvalue weighted by molar-refractivity contribution is 6.30. The fourth-order valence-electron chi connectivity index (χ4n) is 3.27. The van der Waals surface area contributed by atoms with E-state index in [0.717, 1.165) is 11.1 Å². The molecule has 1 aliphatic heterocycles. The summed E-state index contributed by atoms with van der Waals surface area (Å²) in [5.74, 6) is 0.406. The normalized spacial score (nSPS) is 18.5. The zero-order valence-electron chi connectivity index (χ0n) is 15.0. The summed E-state index contributed by atoms with van der Waals surface area (Å²) in [6, 6.07) is 8.68. The number of rotatable bonds is 3. The topological polar surface area (TPSA) is 90.2 Å². The van der Waals surface area contributed by atoms with Gasteiger partial charge >= 0.3 is 0 Å². The van der Waals surface area contributed by atoms with Gasteiger partial charge in [0.2, 0.25) is 0 Å². The first-order chi connectivity index (χ1) is 12.5. The van der Waals surface area contributed by atoms with E-state index in [2.05, 4.69) is 10.3 Å². The van der Waals surface area contributed by atoms with E-state index in [1.807, 2.05) is 25.4 Å². The molecule has 10 heteroatoms. The van der Waals surface area contributed by atoms with Crippen LogP contribution in [-0.2, 0) is 7.05 Å². The van der Waals surface area contributed by atoms with Gasteiger partial charge in [-0.15, -0.1) is 24.8 Å². The second-order valence-electron chi connectivity index (χ2n) is 6.51. The zero-order valence-corrected chi connectivity index (χ0v) is 17.4. The van der Waals surface area contributed by atoms with E-state index in [4.69, 9.17) is 21.9 Å². The van der Waals surface area contributed by atoms with Gasteiger partial charge in [0.25, 0.3) is 5.91 Å². The number of nitrogens with zero attached hydrogens (tertiary/aromatic N) is 4. The van der Waals surface area contributed by atoms with Crippen LogP contribution < -0.4 is 5.73 Å². The van der Waals surface area contributed by atoms with Crippen molar-refractivity contribution in [3.63, 3.8) is 0 Å². The van der Waals surface area contributed by atoms with Crippen LogP contribution in [0.4, 0.5) is 0 Å². The average molecular weight is 445 g/mol. The number of benzene rings is 1. The molecule has 1 amide bonds. The lowest BCUT2D eigenvalue weighted by atomic mass is 9.98. The summed E-state index contributed by atoms with van der Waals surface area (Å²) >= 11 is 5.90. The maximum atomic E-state index is 12.8. The van der Waals surface area contributed by atoms with Crippen LogP contribution in [0.2, 0.25) is 5.02 Å². The van der Waals surface area contributed by atoms with Gasteiger partial charge in [-0.3, -0.25) is 9.48 Å². The summed E-state index contributed by atoms with van der Waals surface area (Å²) in [6.07, 6.45) is 3.74. The van der Waals surface area contributed by atoms with E-state index in [-0.39, 0.29) is 48.4 Å².